The van der Waals surface area contributed by atoms with Crippen molar-refractivity contribution < 1.29 is 0 Å². The summed E-state index contributed by atoms with van der Waals surface area (Å²) in [7, 11) is 0. The molecule has 90 valence electrons. The fraction of sp³-hybridized carbons (Fsp3) is 0.571. The van der Waals surface area contributed by atoms with E-state index in [1.807, 2.05) is 0 Å². The van der Waals surface area contributed by atoms with E-state index in [1.54, 1.807) is 0 Å². The maximum atomic E-state index is 5.69. The quantitative estimate of drug-likeness (QED) is 0.756. The van der Waals surface area contributed by atoms with Gasteiger partial charge in [-0.25, -0.2) is 0 Å². The largest absolute Gasteiger partial charge is 0.329 e. The van der Waals surface area contributed by atoms with E-state index >= 15 is 0 Å². The molecule has 0 amide bonds. The number of thiol groups is 1. The Morgan fingerprint density at radius 1 is 1.19 bits per heavy atom. The van der Waals surface area contributed by atoms with E-state index in [2.05, 4.69) is 59.4 Å². The van der Waals surface area contributed by atoms with Crippen LogP contribution in [0.4, 0.5) is 0 Å². The van der Waals surface area contributed by atoms with Gasteiger partial charge in [-0.15, -0.1) is 0 Å². The van der Waals surface area contributed by atoms with Gasteiger partial charge in [0.2, 0.25) is 0 Å². The molecule has 0 bridgehead atoms. The highest BCUT2D eigenvalue weighted by molar-refractivity contribution is 7.80. The summed E-state index contributed by atoms with van der Waals surface area (Å²) >= 11 is 4.54. The monoisotopic (exact) mass is 237 g/mol. The zero-order valence-corrected chi connectivity index (χ0v) is 11.9. The Morgan fingerprint density at radius 3 is 1.94 bits per heavy atom. The summed E-state index contributed by atoms with van der Waals surface area (Å²) in [5.41, 5.74) is 11.2. The van der Waals surface area contributed by atoms with Gasteiger partial charge >= 0.3 is 0 Å². The van der Waals surface area contributed by atoms with Gasteiger partial charge in [-0.3, -0.25) is 0 Å². The second-order valence-electron chi connectivity index (χ2n) is 5.53. The SMILES string of the molecule is Cc1cc(C(C)(C)C)cc(C)c1C(S)CN. The summed E-state index contributed by atoms with van der Waals surface area (Å²) in [6.45, 7) is 11.6. The number of nitrogens with two attached hydrogens (primary N) is 1. The van der Waals surface area contributed by atoms with Crippen LogP contribution in [0.15, 0.2) is 12.1 Å². The van der Waals surface area contributed by atoms with Gasteiger partial charge in [0.25, 0.3) is 0 Å². The molecule has 0 aliphatic heterocycles. The van der Waals surface area contributed by atoms with Crippen LogP contribution in [0.5, 0.6) is 0 Å². The van der Waals surface area contributed by atoms with E-state index in [-0.39, 0.29) is 10.7 Å². The minimum absolute atomic E-state index is 0.147. The molecule has 1 atom stereocenters. The van der Waals surface area contributed by atoms with Gasteiger partial charge in [-0.2, -0.15) is 12.6 Å². The first kappa shape index (κ1) is 13.6. The molecule has 1 aromatic carbocycles. The average molecular weight is 237 g/mol. The molecule has 0 aliphatic carbocycles. The summed E-state index contributed by atoms with van der Waals surface area (Å²) in [4.78, 5) is 0. The lowest BCUT2D eigenvalue weighted by molar-refractivity contribution is 0.588. The Hall–Kier alpha value is -0.470. The van der Waals surface area contributed by atoms with Crippen LogP contribution < -0.4 is 5.73 Å². The Bertz CT molecular complexity index is 354. The van der Waals surface area contributed by atoms with E-state index in [0.29, 0.717) is 6.54 Å². The van der Waals surface area contributed by atoms with Crippen LogP contribution in [0.1, 0.15) is 48.3 Å². The molecule has 0 aliphatic rings. The minimum atomic E-state index is 0.147. The van der Waals surface area contributed by atoms with Crippen molar-refractivity contribution in [3.63, 3.8) is 0 Å². The van der Waals surface area contributed by atoms with E-state index < -0.39 is 0 Å². The Morgan fingerprint density at radius 2 is 1.62 bits per heavy atom. The molecule has 0 saturated carbocycles. The Labute approximate surface area is 105 Å². The van der Waals surface area contributed by atoms with Gasteiger partial charge in [-0.1, -0.05) is 32.9 Å². The zero-order valence-electron chi connectivity index (χ0n) is 11.0. The molecule has 0 heterocycles. The van der Waals surface area contributed by atoms with Gasteiger partial charge in [0.05, 0.1) is 0 Å². The van der Waals surface area contributed by atoms with Crippen LogP contribution >= 0.6 is 12.6 Å². The van der Waals surface area contributed by atoms with E-state index in [4.69, 9.17) is 5.73 Å². The van der Waals surface area contributed by atoms with Gasteiger partial charge < -0.3 is 5.73 Å². The van der Waals surface area contributed by atoms with Crippen LogP contribution in [-0.2, 0) is 5.41 Å². The molecule has 0 radical (unpaired) electrons. The van der Waals surface area contributed by atoms with Crippen molar-refractivity contribution in [2.75, 3.05) is 6.54 Å². The number of rotatable bonds is 2. The minimum Gasteiger partial charge on any atom is -0.329 e. The third-order valence-corrected chi connectivity index (χ3v) is 3.49. The molecule has 1 aromatic rings. The maximum Gasteiger partial charge on any atom is 0.0394 e. The number of benzene rings is 1. The molecule has 2 heteroatoms. The predicted molar refractivity (Wildman–Crippen MR) is 75.4 cm³/mol. The Balaban J connectivity index is 3.28. The second-order valence-corrected chi connectivity index (χ2v) is 6.15. The van der Waals surface area contributed by atoms with E-state index in [1.165, 1.54) is 22.3 Å². The normalized spacial score (nSPS) is 13.9. The van der Waals surface area contributed by atoms with Crippen molar-refractivity contribution >= 4 is 12.6 Å². The molecule has 0 spiro atoms. The molecule has 1 rings (SSSR count). The van der Waals surface area contributed by atoms with Crippen molar-refractivity contribution in [1.82, 2.24) is 0 Å². The van der Waals surface area contributed by atoms with Gasteiger partial charge in [0.1, 0.15) is 0 Å². The van der Waals surface area contributed by atoms with Crippen molar-refractivity contribution in [3.8, 4) is 0 Å². The molecule has 1 nitrogen and oxygen atoms in total. The molecule has 16 heavy (non-hydrogen) atoms. The molecular formula is C14H23NS. The molecule has 2 N–H and O–H groups in total. The summed E-state index contributed by atoms with van der Waals surface area (Å²) in [5, 5.41) is 0.147. The first-order valence-electron chi connectivity index (χ1n) is 5.77. The highest BCUT2D eigenvalue weighted by Crippen LogP contribution is 2.31. The molecular weight excluding hydrogens is 214 g/mol. The van der Waals surface area contributed by atoms with E-state index in [9.17, 15) is 0 Å². The predicted octanol–water partition coefficient (Wildman–Crippen LogP) is 3.53. The molecule has 0 saturated heterocycles. The summed E-state index contributed by atoms with van der Waals surface area (Å²) in [6.07, 6.45) is 0. The van der Waals surface area contributed by atoms with Crippen LogP contribution in [0.2, 0.25) is 0 Å². The molecule has 0 fully saturated rings. The van der Waals surface area contributed by atoms with Crippen LogP contribution in [0.3, 0.4) is 0 Å². The fourth-order valence-electron chi connectivity index (χ4n) is 2.05. The zero-order chi connectivity index (χ0) is 12.5. The average Bonchev–Trinajstić information content (AvgIpc) is 2.14. The third-order valence-electron chi connectivity index (χ3n) is 3.02. The first-order chi connectivity index (χ1) is 7.27. The number of aryl methyl sites for hydroxylation is 2. The second kappa shape index (κ2) is 4.80. The van der Waals surface area contributed by atoms with Gasteiger partial charge in [-0.05, 0) is 41.5 Å². The van der Waals surface area contributed by atoms with Crippen molar-refractivity contribution in [3.05, 3.63) is 34.4 Å². The summed E-state index contributed by atoms with van der Waals surface area (Å²) in [6, 6.07) is 4.53. The van der Waals surface area contributed by atoms with Crippen molar-refractivity contribution in [1.29, 1.82) is 0 Å². The summed E-state index contributed by atoms with van der Waals surface area (Å²) < 4.78 is 0. The highest BCUT2D eigenvalue weighted by atomic mass is 32.1. The van der Waals surface area contributed by atoms with Crippen LogP contribution in [-0.4, -0.2) is 6.54 Å². The fourth-order valence-corrected chi connectivity index (χ4v) is 2.46. The third kappa shape index (κ3) is 2.80. The standard InChI is InChI=1S/C14H23NS/c1-9-6-11(14(3,4)5)7-10(2)13(9)12(16)8-15/h6-7,12,16H,8,15H2,1-5H3. The van der Waals surface area contributed by atoms with E-state index in [0.717, 1.165) is 0 Å². The number of hydrogen-bond acceptors (Lipinski definition) is 2. The van der Waals surface area contributed by atoms with Crippen LogP contribution in [0, 0.1) is 13.8 Å². The number of hydrogen-bond donors (Lipinski definition) is 2. The lowest BCUT2D eigenvalue weighted by Gasteiger charge is -2.23. The van der Waals surface area contributed by atoms with Crippen molar-refractivity contribution in [2.45, 2.75) is 45.3 Å². The summed E-state index contributed by atoms with van der Waals surface area (Å²) in [5.74, 6) is 0. The molecule has 0 aromatic heterocycles. The van der Waals surface area contributed by atoms with Crippen molar-refractivity contribution in [2.24, 2.45) is 5.73 Å². The van der Waals surface area contributed by atoms with Crippen LogP contribution in [0.25, 0.3) is 0 Å². The highest BCUT2D eigenvalue weighted by Gasteiger charge is 2.18. The lowest BCUT2D eigenvalue weighted by Crippen LogP contribution is -2.15. The Kier molecular flexibility index (Phi) is 4.08. The smallest absolute Gasteiger partial charge is 0.0394 e. The topological polar surface area (TPSA) is 26.0 Å². The molecule has 1 unspecified atom stereocenters. The first-order valence-corrected chi connectivity index (χ1v) is 6.28. The van der Waals surface area contributed by atoms with Gasteiger partial charge in [0.15, 0.2) is 0 Å². The van der Waals surface area contributed by atoms with Gasteiger partial charge in [0, 0.05) is 11.8 Å². The lowest BCUT2D eigenvalue weighted by atomic mass is 9.83. The maximum absolute atomic E-state index is 5.69.